The third kappa shape index (κ3) is 3.08. The number of hydrogen-bond donors (Lipinski definition) is 0. The van der Waals surface area contributed by atoms with Crippen LogP contribution in [0.3, 0.4) is 0 Å². The zero-order valence-electron chi connectivity index (χ0n) is 12.4. The second-order valence-electron chi connectivity index (χ2n) is 5.63. The molecular formula is C16H21N3O2. The lowest BCUT2D eigenvalue weighted by molar-refractivity contribution is -0.130. The maximum absolute atomic E-state index is 12.3. The quantitative estimate of drug-likeness (QED) is 0.844. The number of benzene rings is 1. The monoisotopic (exact) mass is 287 g/mol. The highest BCUT2D eigenvalue weighted by Crippen LogP contribution is 2.18. The molecule has 0 unspecified atom stereocenters. The highest BCUT2D eigenvalue weighted by molar-refractivity contribution is 5.77. The van der Waals surface area contributed by atoms with Gasteiger partial charge in [0.2, 0.25) is 5.91 Å². The maximum Gasteiger partial charge on any atom is 0.224 e. The van der Waals surface area contributed by atoms with Crippen molar-refractivity contribution in [2.45, 2.75) is 19.4 Å². The molecule has 112 valence electrons. The van der Waals surface area contributed by atoms with Crippen molar-refractivity contribution in [3.8, 4) is 0 Å². The number of rotatable bonds is 5. The lowest BCUT2D eigenvalue weighted by Gasteiger charge is -2.16. The number of likely N-dealkylation sites (tertiary alicyclic amines) is 1. The average molecular weight is 287 g/mol. The van der Waals surface area contributed by atoms with Crippen LogP contribution in [-0.4, -0.2) is 47.2 Å². The van der Waals surface area contributed by atoms with Gasteiger partial charge >= 0.3 is 0 Å². The van der Waals surface area contributed by atoms with Crippen LogP contribution in [0, 0.1) is 5.92 Å². The summed E-state index contributed by atoms with van der Waals surface area (Å²) in [4.78, 5) is 18.6. The number of hydrogen-bond acceptors (Lipinski definition) is 3. The molecule has 2 heterocycles. The Bertz CT molecular complexity index is 623. The number of aromatic nitrogens is 2. The molecule has 0 spiro atoms. The van der Waals surface area contributed by atoms with Crippen LogP contribution in [0.1, 0.15) is 12.8 Å². The van der Waals surface area contributed by atoms with E-state index in [4.69, 9.17) is 4.74 Å². The minimum absolute atomic E-state index is 0.228. The predicted molar refractivity (Wildman–Crippen MR) is 80.9 cm³/mol. The molecular weight excluding hydrogens is 266 g/mol. The van der Waals surface area contributed by atoms with E-state index in [1.54, 1.807) is 7.11 Å². The van der Waals surface area contributed by atoms with E-state index in [1.807, 2.05) is 35.5 Å². The van der Waals surface area contributed by atoms with Gasteiger partial charge in [-0.2, -0.15) is 0 Å². The van der Waals surface area contributed by atoms with Crippen molar-refractivity contribution >= 4 is 16.9 Å². The van der Waals surface area contributed by atoms with Crippen LogP contribution in [0.4, 0.5) is 0 Å². The summed E-state index contributed by atoms with van der Waals surface area (Å²) in [6.45, 7) is 3.12. The van der Waals surface area contributed by atoms with Gasteiger partial charge in [0.1, 0.15) is 0 Å². The Balaban J connectivity index is 1.57. The Morgan fingerprint density at radius 1 is 1.43 bits per heavy atom. The Morgan fingerprint density at radius 2 is 2.29 bits per heavy atom. The second-order valence-corrected chi connectivity index (χ2v) is 5.63. The summed E-state index contributed by atoms with van der Waals surface area (Å²) in [6, 6.07) is 8.00. The van der Waals surface area contributed by atoms with E-state index in [2.05, 4.69) is 9.55 Å². The van der Waals surface area contributed by atoms with E-state index in [0.29, 0.717) is 18.9 Å². The Hall–Kier alpha value is -1.88. The molecule has 1 amide bonds. The standard InChI is InChI=1S/C16H21N3O2/c1-21-11-13-6-8-18(10-13)16(20)7-9-19-12-17-14-4-2-3-5-15(14)19/h2-5,12-13H,6-11H2,1H3/t13-/m0/s1. The van der Waals surface area contributed by atoms with Gasteiger partial charge in [0, 0.05) is 39.1 Å². The predicted octanol–water partition coefficient (Wildman–Crippen LogP) is 1.92. The summed E-state index contributed by atoms with van der Waals surface area (Å²) < 4.78 is 7.22. The van der Waals surface area contributed by atoms with E-state index in [-0.39, 0.29) is 5.91 Å². The van der Waals surface area contributed by atoms with Crippen LogP contribution >= 0.6 is 0 Å². The number of carbonyl (C=O) groups excluding carboxylic acids is 1. The molecule has 1 saturated heterocycles. The Labute approximate surface area is 124 Å². The van der Waals surface area contributed by atoms with Crippen molar-refractivity contribution in [3.63, 3.8) is 0 Å². The number of nitrogens with zero attached hydrogens (tertiary/aromatic N) is 3. The minimum atomic E-state index is 0.228. The topological polar surface area (TPSA) is 47.4 Å². The molecule has 1 fully saturated rings. The van der Waals surface area contributed by atoms with E-state index in [1.165, 1.54) is 0 Å². The third-order valence-corrected chi connectivity index (χ3v) is 4.13. The van der Waals surface area contributed by atoms with Gasteiger partial charge in [0.15, 0.2) is 0 Å². The second kappa shape index (κ2) is 6.26. The molecule has 0 aliphatic carbocycles. The Kier molecular flexibility index (Phi) is 4.20. The van der Waals surface area contributed by atoms with Crippen molar-refractivity contribution < 1.29 is 9.53 Å². The lowest BCUT2D eigenvalue weighted by atomic mass is 10.1. The van der Waals surface area contributed by atoms with Crippen LogP contribution in [-0.2, 0) is 16.1 Å². The summed E-state index contributed by atoms with van der Waals surface area (Å²) in [5.41, 5.74) is 2.07. The van der Waals surface area contributed by atoms with Gasteiger partial charge in [-0.05, 0) is 18.6 Å². The first kappa shape index (κ1) is 14.1. The molecule has 0 N–H and O–H groups in total. The third-order valence-electron chi connectivity index (χ3n) is 4.13. The molecule has 5 heteroatoms. The first-order chi connectivity index (χ1) is 10.3. The molecule has 1 aromatic carbocycles. The van der Waals surface area contributed by atoms with Crippen LogP contribution in [0.5, 0.6) is 0 Å². The van der Waals surface area contributed by atoms with Crippen LogP contribution < -0.4 is 0 Å². The molecule has 1 aliphatic rings. The molecule has 5 nitrogen and oxygen atoms in total. The summed E-state index contributed by atoms with van der Waals surface area (Å²) >= 11 is 0. The smallest absolute Gasteiger partial charge is 0.224 e. The molecule has 0 radical (unpaired) electrons. The van der Waals surface area contributed by atoms with E-state index in [0.717, 1.165) is 37.2 Å². The minimum Gasteiger partial charge on any atom is -0.384 e. The number of aryl methyl sites for hydroxylation is 1. The van der Waals surface area contributed by atoms with E-state index < -0.39 is 0 Å². The lowest BCUT2D eigenvalue weighted by Crippen LogP contribution is -2.29. The highest BCUT2D eigenvalue weighted by atomic mass is 16.5. The zero-order valence-corrected chi connectivity index (χ0v) is 12.4. The van der Waals surface area contributed by atoms with Crippen LogP contribution in [0.25, 0.3) is 11.0 Å². The molecule has 1 aromatic heterocycles. The van der Waals surface area contributed by atoms with Crippen LogP contribution in [0.15, 0.2) is 30.6 Å². The van der Waals surface area contributed by atoms with Gasteiger partial charge in [0.05, 0.1) is 24.0 Å². The average Bonchev–Trinajstić information content (AvgIpc) is 3.12. The summed E-state index contributed by atoms with van der Waals surface area (Å²) in [5.74, 6) is 0.722. The maximum atomic E-state index is 12.3. The number of carbonyl (C=O) groups is 1. The summed E-state index contributed by atoms with van der Waals surface area (Å²) in [6.07, 6.45) is 3.39. The number of ether oxygens (including phenoxy) is 1. The molecule has 1 aliphatic heterocycles. The fraction of sp³-hybridized carbons (Fsp3) is 0.500. The number of methoxy groups -OCH3 is 1. The van der Waals surface area contributed by atoms with Crippen LogP contribution in [0.2, 0.25) is 0 Å². The van der Waals surface area contributed by atoms with E-state index in [9.17, 15) is 4.79 Å². The first-order valence-corrected chi connectivity index (χ1v) is 7.44. The van der Waals surface area contributed by atoms with Gasteiger partial charge in [-0.25, -0.2) is 4.98 Å². The molecule has 2 aromatic rings. The van der Waals surface area contributed by atoms with Crippen molar-refractivity contribution in [1.29, 1.82) is 0 Å². The number of fused-ring (bicyclic) bond motifs is 1. The SMILES string of the molecule is COC[C@H]1CCN(C(=O)CCn2cnc3ccccc32)C1. The van der Waals surface area contributed by atoms with Gasteiger partial charge in [0.25, 0.3) is 0 Å². The number of para-hydroxylation sites is 2. The molecule has 21 heavy (non-hydrogen) atoms. The molecule has 0 bridgehead atoms. The van der Waals surface area contributed by atoms with Gasteiger partial charge in [-0.15, -0.1) is 0 Å². The molecule has 0 saturated carbocycles. The largest absolute Gasteiger partial charge is 0.384 e. The number of imidazole rings is 1. The van der Waals surface area contributed by atoms with Gasteiger partial charge in [-0.3, -0.25) is 4.79 Å². The van der Waals surface area contributed by atoms with Crippen molar-refractivity contribution in [2.75, 3.05) is 26.8 Å². The van der Waals surface area contributed by atoms with Gasteiger partial charge in [-0.1, -0.05) is 12.1 Å². The summed E-state index contributed by atoms with van der Waals surface area (Å²) in [7, 11) is 1.72. The van der Waals surface area contributed by atoms with E-state index >= 15 is 0 Å². The molecule has 3 rings (SSSR count). The highest BCUT2D eigenvalue weighted by Gasteiger charge is 2.25. The normalized spacial score (nSPS) is 18.5. The fourth-order valence-corrected chi connectivity index (χ4v) is 2.99. The van der Waals surface area contributed by atoms with Gasteiger partial charge < -0.3 is 14.2 Å². The number of amides is 1. The van der Waals surface area contributed by atoms with Crippen molar-refractivity contribution in [3.05, 3.63) is 30.6 Å². The summed E-state index contributed by atoms with van der Waals surface area (Å²) in [5, 5.41) is 0. The van der Waals surface area contributed by atoms with Crippen molar-refractivity contribution in [1.82, 2.24) is 14.5 Å². The fourth-order valence-electron chi connectivity index (χ4n) is 2.99. The van der Waals surface area contributed by atoms with Crippen molar-refractivity contribution in [2.24, 2.45) is 5.92 Å². The zero-order chi connectivity index (χ0) is 14.7. The molecule has 1 atom stereocenters. The first-order valence-electron chi connectivity index (χ1n) is 7.44. The Morgan fingerprint density at radius 3 is 3.14 bits per heavy atom.